The number of carbonyl (C=O) groups is 1. The Kier molecular flexibility index (Phi) is 4.10. The topological polar surface area (TPSA) is 99.5 Å². The number of aliphatic imine (C=N–C) groups is 1. The molecule has 0 aliphatic carbocycles. The number of fused-ring (bicyclic) bond motifs is 3. The molecule has 6 rings (SSSR count). The molecule has 6 heterocycles. The minimum absolute atomic E-state index is 0.193. The lowest BCUT2D eigenvalue weighted by Gasteiger charge is -2.56. The number of amides is 1. The largest absolute Gasteiger partial charge is 0.401 e. The van der Waals surface area contributed by atoms with Gasteiger partial charge in [-0.2, -0.15) is 18.3 Å². The first-order valence-electron chi connectivity index (χ1n) is 9.51. The van der Waals surface area contributed by atoms with E-state index < -0.39 is 12.7 Å². The van der Waals surface area contributed by atoms with Gasteiger partial charge in [0, 0.05) is 31.4 Å². The number of aromatic amines is 1. The molecule has 12 heteroatoms. The van der Waals surface area contributed by atoms with Crippen molar-refractivity contribution in [2.75, 3.05) is 19.6 Å². The second-order valence-corrected chi connectivity index (χ2v) is 7.82. The molecule has 2 aromatic rings. The quantitative estimate of drug-likeness (QED) is 0.785. The third-order valence-electron chi connectivity index (χ3n) is 5.92. The lowest BCUT2D eigenvalue weighted by Crippen LogP contribution is -2.70. The summed E-state index contributed by atoms with van der Waals surface area (Å²) in [5, 5.41) is 4.20. The van der Waals surface area contributed by atoms with Crippen molar-refractivity contribution >= 4 is 12.1 Å². The first kappa shape index (κ1) is 19.0. The molecule has 1 N–H and O–H groups in total. The van der Waals surface area contributed by atoms with Gasteiger partial charge in [-0.25, -0.2) is 9.67 Å². The second kappa shape index (κ2) is 6.49. The summed E-state index contributed by atoms with van der Waals surface area (Å²) in [6.07, 6.45) is -0.708. The van der Waals surface area contributed by atoms with Crippen LogP contribution in [0.25, 0.3) is 5.95 Å². The van der Waals surface area contributed by atoms with Crippen molar-refractivity contribution in [3.63, 3.8) is 0 Å². The van der Waals surface area contributed by atoms with Gasteiger partial charge in [0.05, 0.1) is 41.8 Å². The van der Waals surface area contributed by atoms with Crippen molar-refractivity contribution in [3.05, 3.63) is 39.1 Å². The van der Waals surface area contributed by atoms with E-state index in [1.807, 2.05) is 0 Å². The number of piperidine rings is 1. The molecule has 2 bridgehead atoms. The molecule has 0 spiro atoms. The van der Waals surface area contributed by atoms with Gasteiger partial charge < -0.3 is 4.90 Å². The van der Waals surface area contributed by atoms with E-state index >= 15 is 0 Å². The SMILES string of the molecule is Cc1c(C(=O)N2CC3CC(C2)N3CC(F)(F)F)cnn1-c1nc2c(c(=O)[nH]1)C=NC2. The highest BCUT2D eigenvalue weighted by atomic mass is 19.4. The number of hydrogen-bond acceptors (Lipinski definition) is 6. The maximum Gasteiger partial charge on any atom is 0.401 e. The number of rotatable bonds is 3. The molecule has 0 aromatic carbocycles. The molecule has 0 radical (unpaired) electrons. The van der Waals surface area contributed by atoms with Crippen LogP contribution in [0.1, 0.15) is 33.7 Å². The minimum atomic E-state index is -4.24. The standard InChI is InChI=1S/C18H18F3N7O2/c1-9-12(4-23-28(9)17-24-14-5-22-3-13(14)15(29)25-17)16(30)26-6-10-2-11(7-26)27(10)8-18(19,20)21/h3-4,10-11H,2,5-8H2,1H3,(H,24,25,29). The Hall–Kier alpha value is -3.02. The van der Waals surface area contributed by atoms with Crippen LogP contribution in [0.2, 0.25) is 0 Å². The smallest absolute Gasteiger partial charge is 0.335 e. The van der Waals surface area contributed by atoms with Gasteiger partial charge in [-0.15, -0.1) is 0 Å². The molecule has 2 atom stereocenters. The van der Waals surface area contributed by atoms with Crippen LogP contribution in [0.5, 0.6) is 0 Å². The number of carbonyl (C=O) groups excluding carboxylic acids is 1. The fourth-order valence-corrected chi connectivity index (χ4v) is 4.41. The fourth-order valence-electron chi connectivity index (χ4n) is 4.41. The molecule has 9 nitrogen and oxygen atoms in total. The average molecular weight is 421 g/mol. The van der Waals surface area contributed by atoms with Crippen LogP contribution in [-0.4, -0.2) is 79.6 Å². The highest BCUT2D eigenvalue weighted by molar-refractivity contribution is 5.95. The summed E-state index contributed by atoms with van der Waals surface area (Å²) in [6, 6.07) is -0.557. The summed E-state index contributed by atoms with van der Waals surface area (Å²) in [7, 11) is 0. The third-order valence-corrected chi connectivity index (χ3v) is 5.92. The molecule has 158 valence electrons. The van der Waals surface area contributed by atoms with E-state index in [0.29, 0.717) is 35.5 Å². The van der Waals surface area contributed by atoms with Gasteiger partial charge in [0.2, 0.25) is 5.95 Å². The Morgan fingerprint density at radius 3 is 2.73 bits per heavy atom. The van der Waals surface area contributed by atoms with Crippen molar-refractivity contribution in [2.45, 2.75) is 38.1 Å². The van der Waals surface area contributed by atoms with Gasteiger partial charge in [0.25, 0.3) is 11.5 Å². The van der Waals surface area contributed by atoms with Crippen LogP contribution >= 0.6 is 0 Å². The van der Waals surface area contributed by atoms with Crippen molar-refractivity contribution in [3.8, 4) is 5.95 Å². The van der Waals surface area contributed by atoms with E-state index in [9.17, 15) is 22.8 Å². The number of piperazine rings is 1. The average Bonchev–Trinajstić information content (AvgIpc) is 3.32. The van der Waals surface area contributed by atoms with E-state index in [1.165, 1.54) is 22.0 Å². The van der Waals surface area contributed by atoms with Crippen LogP contribution in [0.15, 0.2) is 16.0 Å². The Bertz CT molecular complexity index is 1110. The number of H-pyrrole nitrogens is 1. The van der Waals surface area contributed by atoms with Crippen LogP contribution in [-0.2, 0) is 6.54 Å². The summed E-state index contributed by atoms with van der Waals surface area (Å²) < 4.78 is 39.5. The maximum absolute atomic E-state index is 13.0. The summed E-state index contributed by atoms with van der Waals surface area (Å²) >= 11 is 0. The molecule has 3 saturated heterocycles. The van der Waals surface area contributed by atoms with Gasteiger partial charge in [0.1, 0.15) is 0 Å². The minimum Gasteiger partial charge on any atom is -0.335 e. The fraction of sp³-hybridized carbons (Fsp3) is 0.500. The molecule has 3 fully saturated rings. The monoisotopic (exact) mass is 421 g/mol. The van der Waals surface area contributed by atoms with E-state index in [1.54, 1.807) is 11.8 Å². The molecule has 2 aromatic heterocycles. The zero-order valence-electron chi connectivity index (χ0n) is 16.0. The summed E-state index contributed by atoms with van der Waals surface area (Å²) in [6.45, 7) is 1.55. The summed E-state index contributed by atoms with van der Waals surface area (Å²) in [5.41, 5.74) is 1.44. The van der Waals surface area contributed by atoms with Crippen LogP contribution in [0, 0.1) is 6.92 Å². The van der Waals surface area contributed by atoms with Gasteiger partial charge in [-0.1, -0.05) is 0 Å². The molecule has 30 heavy (non-hydrogen) atoms. The molecular weight excluding hydrogens is 403 g/mol. The highest BCUT2D eigenvalue weighted by Gasteiger charge is 2.49. The first-order chi connectivity index (χ1) is 14.2. The Morgan fingerprint density at radius 1 is 1.30 bits per heavy atom. The molecule has 4 aliphatic rings. The Morgan fingerprint density at radius 2 is 2.03 bits per heavy atom. The van der Waals surface area contributed by atoms with Crippen LogP contribution in [0.4, 0.5) is 13.2 Å². The van der Waals surface area contributed by atoms with Crippen molar-refractivity contribution in [2.24, 2.45) is 4.99 Å². The van der Waals surface area contributed by atoms with E-state index in [4.69, 9.17) is 0 Å². The van der Waals surface area contributed by atoms with E-state index in [-0.39, 0.29) is 42.6 Å². The number of aromatic nitrogens is 4. The lowest BCUT2D eigenvalue weighted by atomic mass is 9.87. The van der Waals surface area contributed by atoms with Crippen LogP contribution in [0.3, 0.4) is 0 Å². The predicted molar refractivity (Wildman–Crippen MR) is 98.9 cm³/mol. The summed E-state index contributed by atoms with van der Waals surface area (Å²) in [4.78, 5) is 39.2. The van der Waals surface area contributed by atoms with E-state index in [0.717, 1.165) is 0 Å². The normalized spacial score (nSPS) is 22.9. The molecule has 0 saturated carbocycles. The van der Waals surface area contributed by atoms with Crippen molar-refractivity contribution in [1.82, 2.24) is 29.5 Å². The van der Waals surface area contributed by atoms with Crippen molar-refractivity contribution in [1.29, 1.82) is 0 Å². The number of halogens is 3. The highest BCUT2D eigenvalue weighted by Crippen LogP contribution is 2.35. The molecule has 4 aliphatic heterocycles. The number of hydrogen-bond donors (Lipinski definition) is 1. The Labute approximate surface area is 168 Å². The maximum atomic E-state index is 13.0. The second-order valence-electron chi connectivity index (χ2n) is 7.82. The van der Waals surface area contributed by atoms with Crippen LogP contribution < -0.4 is 5.56 Å². The summed E-state index contributed by atoms with van der Waals surface area (Å²) in [5.74, 6) is -0.0920. The number of alkyl halides is 3. The van der Waals surface area contributed by atoms with Gasteiger partial charge in [-0.3, -0.25) is 24.5 Å². The predicted octanol–water partition coefficient (Wildman–Crippen LogP) is 0.658. The number of nitrogens with one attached hydrogen (secondary N) is 1. The zero-order valence-corrected chi connectivity index (χ0v) is 16.0. The van der Waals surface area contributed by atoms with Gasteiger partial charge in [0.15, 0.2) is 0 Å². The van der Waals surface area contributed by atoms with E-state index in [2.05, 4.69) is 20.1 Å². The van der Waals surface area contributed by atoms with Crippen molar-refractivity contribution < 1.29 is 18.0 Å². The molecule has 2 unspecified atom stereocenters. The first-order valence-corrected chi connectivity index (χ1v) is 9.51. The zero-order chi connectivity index (χ0) is 21.2. The number of nitrogens with zero attached hydrogens (tertiary/aromatic N) is 6. The molecule has 1 amide bonds. The van der Waals surface area contributed by atoms with Gasteiger partial charge >= 0.3 is 6.18 Å². The molecular formula is C18H18F3N7O2. The van der Waals surface area contributed by atoms with Gasteiger partial charge in [-0.05, 0) is 13.3 Å². The third kappa shape index (κ3) is 3.02. The Balaban J connectivity index is 1.35. The lowest BCUT2D eigenvalue weighted by molar-refractivity contribution is -0.184.